The average molecular weight is 460 g/mol. The number of carbonyl (C=O) groups is 3. The standard InChI is InChI=1S/C27H25NO4S/c1-17(2)25(26(30)33-24-14-8-3-9-18(24)15-29)28-27(31)32-16-23-21-12-6-4-10-19(21)20-11-5-7-13-22(20)23/h3-15,17,23,25H,16H2,1-2H3,(H,28,31)/t25-/m0/s1. The van der Waals surface area contributed by atoms with Gasteiger partial charge in [0.05, 0.1) is 0 Å². The molecule has 168 valence electrons. The van der Waals surface area contributed by atoms with E-state index in [-0.39, 0.29) is 23.6 Å². The lowest BCUT2D eigenvalue weighted by atomic mass is 9.98. The Balaban J connectivity index is 1.43. The van der Waals surface area contributed by atoms with E-state index in [1.807, 2.05) is 38.1 Å². The van der Waals surface area contributed by atoms with Crippen molar-refractivity contribution in [2.45, 2.75) is 30.7 Å². The van der Waals surface area contributed by atoms with Crippen LogP contribution in [0, 0.1) is 5.92 Å². The fourth-order valence-electron chi connectivity index (χ4n) is 4.11. The van der Waals surface area contributed by atoms with Gasteiger partial charge in [0.25, 0.3) is 0 Å². The van der Waals surface area contributed by atoms with Gasteiger partial charge >= 0.3 is 6.09 Å². The first-order valence-electron chi connectivity index (χ1n) is 10.9. The molecule has 1 amide bonds. The Morgan fingerprint density at radius 1 is 0.939 bits per heavy atom. The lowest BCUT2D eigenvalue weighted by molar-refractivity contribution is -0.113. The van der Waals surface area contributed by atoms with Gasteiger partial charge in [0.1, 0.15) is 12.6 Å². The first kappa shape index (κ1) is 22.8. The molecule has 33 heavy (non-hydrogen) atoms. The molecule has 1 aliphatic rings. The van der Waals surface area contributed by atoms with Crippen LogP contribution in [0.5, 0.6) is 0 Å². The Morgan fingerprint density at radius 2 is 1.52 bits per heavy atom. The van der Waals surface area contributed by atoms with Crippen LogP contribution in [0.1, 0.15) is 41.3 Å². The minimum absolute atomic E-state index is 0.0507. The summed E-state index contributed by atoms with van der Waals surface area (Å²) in [4.78, 5) is 37.4. The van der Waals surface area contributed by atoms with Crippen LogP contribution in [0.2, 0.25) is 0 Å². The molecule has 4 rings (SSSR count). The van der Waals surface area contributed by atoms with Crippen molar-refractivity contribution in [3.8, 4) is 11.1 Å². The number of rotatable bonds is 7. The van der Waals surface area contributed by atoms with Gasteiger partial charge in [-0.05, 0) is 46.0 Å². The van der Waals surface area contributed by atoms with E-state index >= 15 is 0 Å². The smallest absolute Gasteiger partial charge is 0.407 e. The predicted octanol–water partition coefficient (Wildman–Crippen LogP) is 5.68. The number of nitrogens with one attached hydrogen (secondary N) is 1. The van der Waals surface area contributed by atoms with Crippen LogP contribution in [-0.2, 0) is 9.53 Å². The predicted molar refractivity (Wildman–Crippen MR) is 130 cm³/mol. The number of hydrogen-bond donors (Lipinski definition) is 1. The molecule has 0 radical (unpaired) electrons. The molecular weight excluding hydrogens is 434 g/mol. The van der Waals surface area contributed by atoms with E-state index in [1.165, 1.54) is 0 Å². The van der Waals surface area contributed by atoms with Crippen molar-refractivity contribution in [1.82, 2.24) is 5.32 Å². The maximum Gasteiger partial charge on any atom is 0.407 e. The minimum atomic E-state index is -0.745. The minimum Gasteiger partial charge on any atom is -0.449 e. The molecule has 1 N–H and O–H groups in total. The third-order valence-corrected chi connectivity index (χ3v) is 6.84. The van der Waals surface area contributed by atoms with Gasteiger partial charge in [0.2, 0.25) is 5.12 Å². The maximum atomic E-state index is 12.9. The summed E-state index contributed by atoms with van der Waals surface area (Å²) in [7, 11) is 0. The second-order valence-electron chi connectivity index (χ2n) is 8.27. The topological polar surface area (TPSA) is 72.5 Å². The lowest BCUT2D eigenvalue weighted by Crippen LogP contribution is -2.43. The highest BCUT2D eigenvalue weighted by Gasteiger charge is 2.30. The second-order valence-corrected chi connectivity index (χ2v) is 9.31. The summed E-state index contributed by atoms with van der Waals surface area (Å²) in [6, 6.07) is 22.4. The highest BCUT2D eigenvalue weighted by atomic mass is 32.2. The van der Waals surface area contributed by atoms with Gasteiger partial charge in [0.15, 0.2) is 6.29 Å². The summed E-state index contributed by atoms with van der Waals surface area (Å²) in [6.45, 7) is 3.90. The summed E-state index contributed by atoms with van der Waals surface area (Å²) in [6.07, 6.45) is 0.0899. The molecule has 6 heteroatoms. The zero-order chi connectivity index (χ0) is 23.4. The van der Waals surface area contributed by atoms with Gasteiger partial charge in [-0.1, -0.05) is 80.6 Å². The summed E-state index contributed by atoms with van der Waals surface area (Å²) >= 11 is 0.958. The number of fused-ring (bicyclic) bond motifs is 3. The molecule has 0 saturated carbocycles. The summed E-state index contributed by atoms with van der Waals surface area (Å²) in [5.41, 5.74) is 5.01. The van der Waals surface area contributed by atoms with Gasteiger partial charge in [-0.15, -0.1) is 0 Å². The SMILES string of the molecule is CC(C)[C@H](NC(=O)OCC1c2ccccc2-c2ccccc21)C(=O)Sc1ccccc1C=O. The van der Waals surface area contributed by atoms with Crippen molar-refractivity contribution >= 4 is 29.3 Å². The van der Waals surface area contributed by atoms with Crippen LogP contribution in [-0.4, -0.2) is 30.1 Å². The van der Waals surface area contributed by atoms with Gasteiger partial charge in [-0.25, -0.2) is 4.79 Å². The molecule has 3 aromatic rings. The van der Waals surface area contributed by atoms with Gasteiger partial charge in [-0.3, -0.25) is 9.59 Å². The van der Waals surface area contributed by atoms with Gasteiger partial charge in [0, 0.05) is 16.4 Å². The van der Waals surface area contributed by atoms with Crippen molar-refractivity contribution in [2.24, 2.45) is 5.92 Å². The Bertz CT molecular complexity index is 1140. The second kappa shape index (κ2) is 10.0. The zero-order valence-electron chi connectivity index (χ0n) is 18.5. The van der Waals surface area contributed by atoms with Gasteiger partial charge < -0.3 is 10.1 Å². The number of amides is 1. The molecule has 1 aliphatic carbocycles. The fraction of sp³-hybridized carbons (Fsp3) is 0.222. The highest BCUT2D eigenvalue weighted by Crippen LogP contribution is 2.44. The maximum absolute atomic E-state index is 12.9. The van der Waals surface area contributed by atoms with Gasteiger partial charge in [-0.2, -0.15) is 0 Å². The van der Waals surface area contributed by atoms with Crippen molar-refractivity contribution in [3.63, 3.8) is 0 Å². The summed E-state index contributed by atoms with van der Waals surface area (Å²) in [5.74, 6) is -0.195. The largest absolute Gasteiger partial charge is 0.449 e. The molecular formula is C27H25NO4S. The molecule has 0 saturated heterocycles. The third-order valence-electron chi connectivity index (χ3n) is 5.79. The number of aldehydes is 1. The van der Waals surface area contributed by atoms with E-state index in [2.05, 4.69) is 29.6 Å². The van der Waals surface area contributed by atoms with E-state index in [9.17, 15) is 14.4 Å². The number of carbonyl (C=O) groups excluding carboxylic acids is 3. The Labute approximate surface area is 197 Å². The van der Waals surface area contributed by atoms with Crippen LogP contribution in [0.25, 0.3) is 11.1 Å². The van der Waals surface area contributed by atoms with E-state index in [4.69, 9.17) is 4.74 Å². The average Bonchev–Trinajstić information content (AvgIpc) is 3.15. The third kappa shape index (κ3) is 4.86. The lowest BCUT2D eigenvalue weighted by Gasteiger charge is -2.21. The van der Waals surface area contributed by atoms with Crippen molar-refractivity contribution in [1.29, 1.82) is 0 Å². The first-order valence-corrected chi connectivity index (χ1v) is 11.7. The normalized spacial score (nSPS) is 13.2. The van der Waals surface area contributed by atoms with Crippen molar-refractivity contribution in [3.05, 3.63) is 89.5 Å². The molecule has 0 spiro atoms. The number of thioether (sulfide) groups is 1. The van der Waals surface area contributed by atoms with Crippen LogP contribution < -0.4 is 5.32 Å². The fourth-order valence-corrected chi connectivity index (χ4v) is 5.16. The molecule has 5 nitrogen and oxygen atoms in total. The molecule has 1 atom stereocenters. The molecule has 0 heterocycles. The molecule has 0 bridgehead atoms. The quantitative estimate of drug-likeness (QED) is 0.363. The van der Waals surface area contributed by atoms with Crippen LogP contribution in [0.15, 0.2) is 77.7 Å². The van der Waals surface area contributed by atoms with E-state index < -0.39 is 12.1 Å². The Hall–Kier alpha value is -3.38. The molecule has 0 unspecified atom stereocenters. The van der Waals surface area contributed by atoms with E-state index in [0.717, 1.165) is 40.3 Å². The monoisotopic (exact) mass is 459 g/mol. The number of benzene rings is 3. The molecule has 0 aromatic heterocycles. The number of hydrogen-bond acceptors (Lipinski definition) is 5. The molecule has 0 fully saturated rings. The Morgan fingerprint density at radius 3 is 2.12 bits per heavy atom. The Kier molecular flexibility index (Phi) is 6.94. The zero-order valence-corrected chi connectivity index (χ0v) is 19.3. The van der Waals surface area contributed by atoms with Crippen LogP contribution in [0.3, 0.4) is 0 Å². The van der Waals surface area contributed by atoms with E-state index in [0.29, 0.717) is 10.5 Å². The number of alkyl carbamates (subject to hydrolysis) is 1. The van der Waals surface area contributed by atoms with Crippen molar-refractivity contribution < 1.29 is 19.1 Å². The molecule has 0 aliphatic heterocycles. The van der Waals surface area contributed by atoms with E-state index in [1.54, 1.807) is 24.3 Å². The summed E-state index contributed by atoms with van der Waals surface area (Å²) in [5, 5.41) is 2.48. The first-order chi connectivity index (χ1) is 16.0. The van der Waals surface area contributed by atoms with Crippen LogP contribution >= 0.6 is 11.8 Å². The summed E-state index contributed by atoms with van der Waals surface area (Å²) < 4.78 is 5.60. The highest BCUT2D eigenvalue weighted by molar-refractivity contribution is 8.13. The van der Waals surface area contributed by atoms with Crippen molar-refractivity contribution in [2.75, 3.05) is 6.61 Å². The number of ether oxygens (including phenoxy) is 1. The van der Waals surface area contributed by atoms with Crippen LogP contribution in [0.4, 0.5) is 4.79 Å². The molecule has 3 aromatic carbocycles.